The Bertz CT molecular complexity index is 1110. The van der Waals surface area contributed by atoms with E-state index in [0.717, 1.165) is 22.2 Å². The highest BCUT2D eigenvalue weighted by Crippen LogP contribution is 2.28. The summed E-state index contributed by atoms with van der Waals surface area (Å²) in [5.74, 6) is 1.53. The SMILES string of the molecule is Cc1ccc2nc(-c3ccc(C)o3)cc(C(=O)N3CCN(C(=O)C(C)C)CC3)c2c1. The second-order valence-electron chi connectivity index (χ2n) is 8.26. The van der Waals surface area contributed by atoms with Crippen LogP contribution in [0, 0.1) is 19.8 Å². The number of carbonyl (C=O) groups is 2. The summed E-state index contributed by atoms with van der Waals surface area (Å²) in [6.07, 6.45) is 0. The number of aryl methyl sites for hydroxylation is 2. The number of benzene rings is 1. The summed E-state index contributed by atoms with van der Waals surface area (Å²) in [5, 5.41) is 0.840. The lowest BCUT2D eigenvalue weighted by Gasteiger charge is -2.35. The number of carbonyl (C=O) groups excluding carboxylic acids is 2. The Hall–Kier alpha value is -3.15. The molecule has 0 N–H and O–H groups in total. The van der Waals surface area contributed by atoms with E-state index in [-0.39, 0.29) is 17.7 Å². The van der Waals surface area contributed by atoms with Gasteiger partial charge in [0.25, 0.3) is 5.91 Å². The van der Waals surface area contributed by atoms with Gasteiger partial charge in [0.15, 0.2) is 5.76 Å². The van der Waals surface area contributed by atoms with Crippen molar-refractivity contribution in [3.8, 4) is 11.5 Å². The third-order valence-electron chi connectivity index (χ3n) is 5.56. The summed E-state index contributed by atoms with van der Waals surface area (Å²) in [7, 11) is 0. The largest absolute Gasteiger partial charge is 0.460 e. The Morgan fingerprint density at radius 1 is 0.967 bits per heavy atom. The third kappa shape index (κ3) is 3.82. The molecule has 0 saturated carbocycles. The number of fused-ring (bicyclic) bond motifs is 1. The van der Waals surface area contributed by atoms with Gasteiger partial charge in [0.2, 0.25) is 5.91 Å². The van der Waals surface area contributed by atoms with Crippen molar-refractivity contribution in [2.45, 2.75) is 27.7 Å². The van der Waals surface area contributed by atoms with E-state index in [4.69, 9.17) is 9.40 Å². The smallest absolute Gasteiger partial charge is 0.254 e. The van der Waals surface area contributed by atoms with E-state index in [1.165, 1.54) is 0 Å². The second kappa shape index (κ2) is 7.94. The lowest BCUT2D eigenvalue weighted by molar-refractivity contribution is -0.135. The third-order valence-corrected chi connectivity index (χ3v) is 5.56. The molecule has 3 aromatic rings. The van der Waals surface area contributed by atoms with Gasteiger partial charge in [-0.2, -0.15) is 0 Å². The minimum atomic E-state index is -0.0332. The molecule has 6 heteroatoms. The van der Waals surface area contributed by atoms with E-state index < -0.39 is 0 Å². The van der Waals surface area contributed by atoms with Gasteiger partial charge in [-0.05, 0) is 44.2 Å². The Morgan fingerprint density at radius 2 is 1.67 bits per heavy atom. The van der Waals surface area contributed by atoms with Crippen molar-refractivity contribution in [1.29, 1.82) is 0 Å². The number of aromatic nitrogens is 1. The van der Waals surface area contributed by atoms with Gasteiger partial charge in [0.1, 0.15) is 11.5 Å². The summed E-state index contributed by atoms with van der Waals surface area (Å²) < 4.78 is 5.75. The first-order chi connectivity index (χ1) is 14.3. The van der Waals surface area contributed by atoms with Crippen LogP contribution in [-0.2, 0) is 4.79 Å². The molecule has 1 fully saturated rings. The predicted molar refractivity (Wildman–Crippen MR) is 116 cm³/mol. The van der Waals surface area contributed by atoms with Gasteiger partial charge in [-0.1, -0.05) is 25.5 Å². The summed E-state index contributed by atoms with van der Waals surface area (Å²) in [4.78, 5) is 34.2. The molecule has 0 radical (unpaired) electrons. The molecule has 6 nitrogen and oxygen atoms in total. The fourth-order valence-corrected chi connectivity index (χ4v) is 3.88. The average Bonchev–Trinajstić information content (AvgIpc) is 3.18. The molecule has 1 aliphatic rings. The molecule has 2 amide bonds. The van der Waals surface area contributed by atoms with Crippen LogP contribution in [0.15, 0.2) is 40.8 Å². The zero-order chi connectivity index (χ0) is 21.4. The fraction of sp³-hybridized carbons (Fsp3) is 0.375. The number of hydrogen-bond donors (Lipinski definition) is 0. The molecule has 0 spiro atoms. The minimum Gasteiger partial charge on any atom is -0.460 e. The second-order valence-corrected chi connectivity index (χ2v) is 8.26. The number of furan rings is 1. The minimum absolute atomic E-state index is 0.0290. The van der Waals surface area contributed by atoms with Gasteiger partial charge < -0.3 is 14.2 Å². The monoisotopic (exact) mass is 405 g/mol. The molecule has 0 aliphatic carbocycles. The van der Waals surface area contributed by atoms with Crippen molar-refractivity contribution in [3.05, 3.63) is 53.3 Å². The zero-order valence-electron chi connectivity index (χ0n) is 17.9. The molecule has 30 heavy (non-hydrogen) atoms. The maximum atomic E-state index is 13.5. The van der Waals surface area contributed by atoms with E-state index in [2.05, 4.69) is 0 Å². The molecular weight excluding hydrogens is 378 g/mol. The van der Waals surface area contributed by atoms with Crippen molar-refractivity contribution in [1.82, 2.24) is 14.8 Å². The van der Waals surface area contributed by atoms with Crippen LogP contribution >= 0.6 is 0 Å². The molecule has 4 rings (SSSR count). The first-order valence-corrected chi connectivity index (χ1v) is 10.4. The van der Waals surface area contributed by atoms with E-state index in [1.807, 2.05) is 73.9 Å². The van der Waals surface area contributed by atoms with Crippen LogP contribution in [-0.4, -0.2) is 52.8 Å². The molecule has 0 atom stereocenters. The van der Waals surface area contributed by atoms with E-state index in [1.54, 1.807) is 0 Å². The van der Waals surface area contributed by atoms with E-state index in [9.17, 15) is 9.59 Å². The highest BCUT2D eigenvalue weighted by molar-refractivity contribution is 6.07. The van der Waals surface area contributed by atoms with Crippen LogP contribution in [0.4, 0.5) is 0 Å². The number of rotatable bonds is 3. The Balaban J connectivity index is 1.68. The van der Waals surface area contributed by atoms with Gasteiger partial charge in [-0.15, -0.1) is 0 Å². The Kier molecular flexibility index (Phi) is 5.33. The van der Waals surface area contributed by atoms with Crippen molar-refractivity contribution < 1.29 is 14.0 Å². The maximum Gasteiger partial charge on any atom is 0.254 e. The molecule has 2 aromatic heterocycles. The van der Waals surface area contributed by atoms with Crippen LogP contribution in [0.25, 0.3) is 22.4 Å². The van der Waals surface area contributed by atoms with Crippen LogP contribution < -0.4 is 0 Å². The Morgan fingerprint density at radius 3 is 2.30 bits per heavy atom. The van der Waals surface area contributed by atoms with Gasteiger partial charge in [-0.3, -0.25) is 9.59 Å². The average molecular weight is 405 g/mol. The van der Waals surface area contributed by atoms with Crippen molar-refractivity contribution in [3.63, 3.8) is 0 Å². The molecule has 156 valence electrons. The number of pyridine rings is 1. The van der Waals surface area contributed by atoms with Crippen LogP contribution in [0.3, 0.4) is 0 Å². The molecule has 0 bridgehead atoms. The molecule has 3 heterocycles. The summed E-state index contributed by atoms with van der Waals surface area (Å²) in [6.45, 7) is 9.90. The van der Waals surface area contributed by atoms with Crippen LogP contribution in [0.2, 0.25) is 0 Å². The lowest BCUT2D eigenvalue weighted by atomic mass is 10.0. The summed E-state index contributed by atoms with van der Waals surface area (Å²) in [5.41, 5.74) is 3.12. The molecule has 1 aliphatic heterocycles. The van der Waals surface area contributed by atoms with Crippen LogP contribution in [0.1, 0.15) is 35.5 Å². The van der Waals surface area contributed by atoms with E-state index >= 15 is 0 Å². The molecular formula is C24H27N3O3. The summed E-state index contributed by atoms with van der Waals surface area (Å²) >= 11 is 0. The maximum absolute atomic E-state index is 13.5. The number of nitrogens with zero attached hydrogens (tertiary/aromatic N) is 3. The highest BCUT2D eigenvalue weighted by atomic mass is 16.3. The van der Waals surface area contributed by atoms with Gasteiger partial charge in [0, 0.05) is 37.5 Å². The van der Waals surface area contributed by atoms with Crippen LogP contribution in [0.5, 0.6) is 0 Å². The topological polar surface area (TPSA) is 66.7 Å². The molecule has 0 unspecified atom stereocenters. The van der Waals surface area contributed by atoms with Crippen molar-refractivity contribution >= 4 is 22.7 Å². The van der Waals surface area contributed by atoms with Crippen molar-refractivity contribution in [2.75, 3.05) is 26.2 Å². The quantitative estimate of drug-likeness (QED) is 0.659. The fourth-order valence-electron chi connectivity index (χ4n) is 3.88. The molecule has 1 saturated heterocycles. The lowest BCUT2D eigenvalue weighted by Crippen LogP contribution is -2.51. The standard InChI is InChI=1S/C24H27N3O3/c1-15(2)23(28)26-9-11-27(12-10-26)24(29)19-14-21(22-8-6-17(4)30-22)25-20-7-5-16(3)13-18(19)20/h5-8,13-15H,9-12H2,1-4H3. The Labute approximate surface area is 176 Å². The first kappa shape index (κ1) is 20.1. The molecule has 1 aromatic carbocycles. The van der Waals surface area contributed by atoms with Gasteiger partial charge in [0.05, 0.1) is 11.1 Å². The normalized spacial score (nSPS) is 14.6. The first-order valence-electron chi connectivity index (χ1n) is 10.4. The zero-order valence-corrected chi connectivity index (χ0v) is 17.9. The highest BCUT2D eigenvalue weighted by Gasteiger charge is 2.27. The van der Waals surface area contributed by atoms with Gasteiger partial charge >= 0.3 is 0 Å². The summed E-state index contributed by atoms with van der Waals surface area (Å²) in [6, 6.07) is 11.5. The van der Waals surface area contributed by atoms with Gasteiger partial charge in [-0.25, -0.2) is 4.98 Å². The number of piperazine rings is 1. The van der Waals surface area contributed by atoms with Crippen molar-refractivity contribution in [2.24, 2.45) is 5.92 Å². The van der Waals surface area contributed by atoms with E-state index in [0.29, 0.717) is 43.2 Å². The number of hydrogen-bond acceptors (Lipinski definition) is 4. The number of amides is 2. The predicted octanol–water partition coefficient (Wildman–Crippen LogP) is 4.05.